The van der Waals surface area contributed by atoms with E-state index in [-0.39, 0.29) is 0 Å². The van der Waals surface area contributed by atoms with Crippen LogP contribution >= 0.6 is 0 Å². The van der Waals surface area contributed by atoms with Crippen LogP contribution in [0, 0.1) is 23.7 Å². The van der Waals surface area contributed by atoms with Gasteiger partial charge in [0.05, 0.1) is 0 Å². The first-order chi connectivity index (χ1) is 23.0. The monoisotopic (exact) mass is 665 g/mol. The lowest BCUT2D eigenvalue weighted by Crippen LogP contribution is -2.22. The molecule has 0 fully saturated rings. The Hall–Kier alpha value is -2.36. The van der Waals surface area contributed by atoms with E-state index in [4.69, 9.17) is 0 Å². The van der Waals surface area contributed by atoms with Gasteiger partial charge < -0.3 is 21.3 Å². The van der Waals surface area contributed by atoms with Crippen molar-refractivity contribution in [1.29, 1.82) is 0 Å². The summed E-state index contributed by atoms with van der Waals surface area (Å²) < 4.78 is 0. The summed E-state index contributed by atoms with van der Waals surface area (Å²) in [5.41, 5.74) is 4.97. The second kappa shape index (κ2) is 25.6. The molecule has 276 valence electrons. The molecule has 0 aromatic heterocycles. The molecule has 0 aliphatic carbocycles. The minimum absolute atomic E-state index is 0.576. The van der Waals surface area contributed by atoms with E-state index in [1.807, 2.05) is 0 Å². The van der Waals surface area contributed by atoms with Crippen molar-refractivity contribution in [3.8, 4) is 0 Å². The molecule has 0 saturated carbocycles. The van der Waals surface area contributed by atoms with E-state index in [0.717, 1.165) is 23.7 Å². The van der Waals surface area contributed by atoms with E-state index in [1.54, 1.807) is 0 Å². The van der Waals surface area contributed by atoms with Crippen molar-refractivity contribution in [3.05, 3.63) is 48.5 Å². The molecule has 8 unspecified atom stereocenters. The van der Waals surface area contributed by atoms with E-state index >= 15 is 0 Å². The topological polar surface area (TPSA) is 48.1 Å². The molecule has 4 heteroatoms. The van der Waals surface area contributed by atoms with Gasteiger partial charge in [0.25, 0.3) is 0 Å². The Kier molecular flexibility index (Phi) is 23.3. The zero-order chi connectivity index (χ0) is 35.9. The first-order valence-electron chi connectivity index (χ1n) is 20.3. The lowest BCUT2D eigenvalue weighted by molar-refractivity contribution is 0.461. The van der Waals surface area contributed by atoms with E-state index < -0.39 is 0 Å². The first kappa shape index (κ1) is 43.7. The molecule has 48 heavy (non-hydrogen) atoms. The van der Waals surface area contributed by atoms with Gasteiger partial charge in [0.15, 0.2) is 0 Å². The van der Waals surface area contributed by atoms with E-state index in [2.05, 4.69) is 153 Å². The van der Waals surface area contributed by atoms with Crippen molar-refractivity contribution < 1.29 is 0 Å². The molecule has 0 radical (unpaired) electrons. The second-order valence-corrected chi connectivity index (χ2v) is 15.1. The highest BCUT2D eigenvalue weighted by Crippen LogP contribution is 2.23. The summed E-state index contributed by atoms with van der Waals surface area (Å²) in [6, 6.07) is 20.1. The Labute approximate surface area is 299 Å². The largest absolute Gasteiger partial charge is 0.382 e. The van der Waals surface area contributed by atoms with Crippen LogP contribution in [0.15, 0.2) is 48.5 Å². The van der Waals surface area contributed by atoms with Gasteiger partial charge >= 0.3 is 0 Å². The molecule has 0 heterocycles. The summed E-state index contributed by atoms with van der Waals surface area (Å²) in [6.45, 7) is 27.6. The third kappa shape index (κ3) is 18.4. The molecule has 0 bridgehead atoms. The lowest BCUT2D eigenvalue weighted by Gasteiger charge is -2.23. The van der Waals surface area contributed by atoms with Crippen LogP contribution in [0.3, 0.4) is 0 Å². The van der Waals surface area contributed by atoms with Crippen LogP contribution < -0.4 is 21.3 Å². The van der Waals surface area contributed by atoms with Gasteiger partial charge in [0.2, 0.25) is 0 Å². The van der Waals surface area contributed by atoms with Crippen LogP contribution in [0.4, 0.5) is 22.7 Å². The summed E-state index contributed by atoms with van der Waals surface area (Å²) in [6.07, 6.45) is 14.7. The summed E-state index contributed by atoms with van der Waals surface area (Å²) in [7, 11) is 0. The average Bonchev–Trinajstić information content (AvgIpc) is 3.11. The zero-order valence-electron chi connectivity index (χ0n) is 33.7. The number of nitrogens with one attached hydrogen (secondary N) is 4. The standard InChI is InChI=1S/2C22H40N2/c2*1-7-17(5)15-19(9-3)23-21-11-13-22(14-12-21)24-20(10-4)16-18(6)8-2/h2*11-14,17-20,23-24H,7-10,15-16H2,1-6H3. The van der Waals surface area contributed by atoms with Gasteiger partial charge in [-0.05, 0) is 124 Å². The fourth-order valence-electron chi connectivity index (χ4n) is 6.19. The summed E-state index contributed by atoms with van der Waals surface area (Å²) in [5, 5.41) is 14.8. The van der Waals surface area contributed by atoms with Gasteiger partial charge in [0, 0.05) is 46.9 Å². The predicted octanol–water partition coefficient (Wildman–Crippen LogP) is 13.9. The summed E-state index contributed by atoms with van der Waals surface area (Å²) in [5.74, 6) is 3.15. The van der Waals surface area contributed by atoms with Gasteiger partial charge in [-0.3, -0.25) is 0 Å². The fourth-order valence-corrected chi connectivity index (χ4v) is 6.19. The number of hydrogen-bond donors (Lipinski definition) is 4. The number of hydrogen-bond acceptors (Lipinski definition) is 4. The molecule has 0 spiro atoms. The number of benzene rings is 2. The Bertz CT molecular complexity index is 854. The van der Waals surface area contributed by atoms with Gasteiger partial charge in [-0.1, -0.05) is 109 Å². The van der Waals surface area contributed by atoms with Crippen molar-refractivity contribution in [2.75, 3.05) is 21.3 Å². The minimum atomic E-state index is 0.576. The maximum absolute atomic E-state index is 3.70. The summed E-state index contributed by atoms with van der Waals surface area (Å²) in [4.78, 5) is 0. The number of rotatable bonds is 24. The molecule has 0 aliphatic heterocycles. The molecule has 2 rings (SSSR count). The molecule has 2 aromatic carbocycles. The zero-order valence-corrected chi connectivity index (χ0v) is 33.7. The Morgan fingerprint density at radius 1 is 0.312 bits per heavy atom. The molecule has 0 saturated heterocycles. The van der Waals surface area contributed by atoms with E-state index in [0.29, 0.717) is 24.2 Å². The van der Waals surface area contributed by atoms with Crippen LogP contribution in [0.5, 0.6) is 0 Å². The predicted molar refractivity (Wildman–Crippen MR) is 220 cm³/mol. The second-order valence-electron chi connectivity index (χ2n) is 15.1. The maximum Gasteiger partial charge on any atom is 0.0343 e. The molecule has 4 nitrogen and oxygen atoms in total. The van der Waals surface area contributed by atoms with Crippen LogP contribution in [0.2, 0.25) is 0 Å². The lowest BCUT2D eigenvalue weighted by atomic mass is 9.97. The quantitative estimate of drug-likeness (QED) is 0.0902. The fraction of sp³-hybridized carbons (Fsp3) is 0.727. The first-order valence-corrected chi connectivity index (χ1v) is 20.3. The molecule has 0 aliphatic rings. The Morgan fingerprint density at radius 3 is 0.604 bits per heavy atom. The molecule has 2 aromatic rings. The molecule has 4 N–H and O–H groups in total. The third-order valence-corrected chi connectivity index (χ3v) is 10.8. The van der Waals surface area contributed by atoms with Crippen LogP contribution in [0.1, 0.15) is 160 Å². The van der Waals surface area contributed by atoms with Crippen molar-refractivity contribution in [2.24, 2.45) is 23.7 Å². The van der Waals surface area contributed by atoms with Crippen molar-refractivity contribution >= 4 is 22.7 Å². The van der Waals surface area contributed by atoms with Gasteiger partial charge in [-0.25, -0.2) is 0 Å². The molecular formula is C44H80N4. The smallest absolute Gasteiger partial charge is 0.0343 e. The third-order valence-electron chi connectivity index (χ3n) is 10.8. The van der Waals surface area contributed by atoms with Crippen LogP contribution in [0.25, 0.3) is 0 Å². The SMILES string of the molecule is CCC(C)CC(CC)Nc1ccc(NC(CC)CC(C)CC)cc1.CCC(C)CC(CC)Nc1ccc(NC(CC)CC(C)CC)cc1. The molecule has 0 amide bonds. The average molecular weight is 665 g/mol. The summed E-state index contributed by atoms with van der Waals surface area (Å²) >= 11 is 0. The Balaban J connectivity index is 0.000000480. The van der Waals surface area contributed by atoms with E-state index in [1.165, 1.54) is 99.8 Å². The highest BCUT2D eigenvalue weighted by atomic mass is 14.9. The van der Waals surface area contributed by atoms with Crippen LogP contribution in [-0.4, -0.2) is 24.2 Å². The van der Waals surface area contributed by atoms with Gasteiger partial charge in [-0.2, -0.15) is 0 Å². The highest BCUT2D eigenvalue weighted by molar-refractivity contribution is 5.55. The van der Waals surface area contributed by atoms with Crippen molar-refractivity contribution in [2.45, 2.75) is 184 Å². The van der Waals surface area contributed by atoms with Crippen molar-refractivity contribution in [3.63, 3.8) is 0 Å². The normalized spacial score (nSPS) is 16.2. The molecule has 8 atom stereocenters. The van der Waals surface area contributed by atoms with Gasteiger partial charge in [-0.15, -0.1) is 0 Å². The minimum Gasteiger partial charge on any atom is -0.382 e. The van der Waals surface area contributed by atoms with Crippen molar-refractivity contribution in [1.82, 2.24) is 0 Å². The Morgan fingerprint density at radius 2 is 0.479 bits per heavy atom. The highest BCUT2D eigenvalue weighted by Gasteiger charge is 2.14. The van der Waals surface area contributed by atoms with E-state index in [9.17, 15) is 0 Å². The van der Waals surface area contributed by atoms with Gasteiger partial charge in [0.1, 0.15) is 0 Å². The maximum atomic E-state index is 3.70. The number of anilines is 4. The van der Waals surface area contributed by atoms with Crippen LogP contribution in [-0.2, 0) is 0 Å². The molecular weight excluding hydrogens is 585 g/mol.